The van der Waals surface area contributed by atoms with Gasteiger partial charge in [0.1, 0.15) is 5.54 Å². The lowest BCUT2D eigenvalue weighted by atomic mass is 10.0. The molecule has 5 nitrogen and oxygen atoms in total. The molecule has 1 saturated carbocycles. The molecule has 1 aromatic carbocycles. The van der Waals surface area contributed by atoms with Crippen LogP contribution in [0.1, 0.15) is 24.0 Å². The number of aryl methyl sites for hydroxylation is 1. The van der Waals surface area contributed by atoms with Crippen LogP contribution in [0.5, 0.6) is 0 Å². The summed E-state index contributed by atoms with van der Waals surface area (Å²) in [5.41, 5.74) is 5.85. The van der Waals surface area contributed by atoms with E-state index in [4.69, 9.17) is 5.73 Å². The Kier molecular flexibility index (Phi) is 3.18. The maximum Gasteiger partial charge on any atom is 0.325 e. The largest absolute Gasteiger partial charge is 0.480 e. The molecule has 19 heavy (non-hydrogen) atoms. The third-order valence-corrected chi connectivity index (χ3v) is 5.34. The Balaban J connectivity index is 2.41. The zero-order valence-electron chi connectivity index (χ0n) is 10.8. The quantitative estimate of drug-likeness (QED) is 0.840. The summed E-state index contributed by atoms with van der Waals surface area (Å²) in [5, 5.41) is 8.14. The fourth-order valence-electron chi connectivity index (χ4n) is 2.64. The van der Waals surface area contributed by atoms with E-state index in [0.717, 1.165) is 18.2 Å². The fraction of sp³-hybridized carbons (Fsp3) is 0.462. The second-order valence-corrected chi connectivity index (χ2v) is 7.23. The number of carbonyl (C=O) groups is 1. The molecule has 0 spiro atoms. The summed E-state index contributed by atoms with van der Waals surface area (Å²) in [6, 6.07) is 7.27. The Bertz CT molecular complexity index is 608. The van der Waals surface area contributed by atoms with Gasteiger partial charge in [0.25, 0.3) is 0 Å². The van der Waals surface area contributed by atoms with E-state index in [0.29, 0.717) is 5.56 Å². The van der Waals surface area contributed by atoms with Gasteiger partial charge < -0.3 is 10.8 Å². The maximum atomic E-state index is 11.7. The van der Waals surface area contributed by atoms with Gasteiger partial charge in [-0.15, -0.1) is 0 Å². The first-order valence-electron chi connectivity index (χ1n) is 6.03. The van der Waals surface area contributed by atoms with E-state index >= 15 is 0 Å². The molecule has 0 unspecified atom stereocenters. The van der Waals surface area contributed by atoms with Crippen LogP contribution < -0.4 is 5.73 Å². The molecular weight excluding hydrogens is 266 g/mol. The normalized spacial score (nSPS) is 30.1. The highest BCUT2D eigenvalue weighted by molar-refractivity contribution is 7.91. The zero-order chi connectivity index (χ0) is 14.4. The van der Waals surface area contributed by atoms with Crippen LogP contribution in [0, 0.1) is 0 Å². The molecule has 3 atom stereocenters. The predicted octanol–water partition coefficient (Wildman–Crippen LogP) is 0.541. The first-order valence-corrected chi connectivity index (χ1v) is 7.98. The topological polar surface area (TPSA) is 97.5 Å². The van der Waals surface area contributed by atoms with Crippen molar-refractivity contribution in [2.45, 2.75) is 30.1 Å². The minimum atomic E-state index is -3.50. The smallest absolute Gasteiger partial charge is 0.325 e. The van der Waals surface area contributed by atoms with Crippen molar-refractivity contribution in [2.75, 3.05) is 6.26 Å². The maximum absolute atomic E-state index is 11.7. The van der Waals surface area contributed by atoms with Crippen molar-refractivity contribution < 1.29 is 18.3 Å². The summed E-state index contributed by atoms with van der Waals surface area (Å²) in [4.78, 5) is 11.3. The minimum Gasteiger partial charge on any atom is -0.480 e. The second-order valence-electron chi connectivity index (χ2n) is 5.06. The molecule has 104 valence electrons. The van der Waals surface area contributed by atoms with Gasteiger partial charge in [0.05, 0.1) is 5.25 Å². The lowest BCUT2D eigenvalue weighted by Gasteiger charge is -2.05. The van der Waals surface area contributed by atoms with Crippen molar-refractivity contribution in [3.63, 3.8) is 0 Å². The summed E-state index contributed by atoms with van der Waals surface area (Å²) in [6.45, 7) is 2.01. The van der Waals surface area contributed by atoms with Crippen molar-refractivity contribution in [2.24, 2.45) is 5.73 Å². The number of carboxylic acid groups (broad SMARTS) is 1. The Labute approximate surface area is 112 Å². The number of benzene rings is 1. The molecule has 0 amide bonds. The third-order valence-electron chi connectivity index (χ3n) is 3.76. The van der Waals surface area contributed by atoms with Crippen LogP contribution in [0.25, 0.3) is 0 Å². The van der Waals surface area contributed by atoms with E-state index in [-0.39, 0.29) is 0 Å². The van der Waals surface area contributed by atoms with E-state index < -0.39 is 32.5 Å². The molecule has 1 aliphatic rings. The Morgan fingerprint density at radius 2 is 1.89 bits per heavy atom. The standard InChI is InChI=1S/C13H17NO4S/c1-3-8-4-6-9(7-5-8)10-11(19(2,17)18)13(10,14)12(15)16/h4-7,10-11H,3,14H2,1-2H3,(H,15,16)/t10-,11-,13+/m0/s1. The number of hydrogen-bond donors (Lipinski definition) is 2. The fourth-order valence-corrected chi connectivity index (χ4v) is 4.40. The van der Waals surface area contributed by atoms with Gasteiger partial charge >= 0.3 is 5.97 Å². The molecule has 2 rings (SSSR count). The summed E-state index contributed by atoms with van der Waals surface area (Å²) in [5.74, 6) is -1.95. The van der Waals surface area contributed by atoms with Crippen LogP contribution in [0.4, 0.5) is 0 Å². The van der Waals surface area contributed by atoms with Crippen LogP contribution in [-0.4, -0.2) is 36.5 Å². The van der Waals surface area contributed by atoms with Crippen molar-refractivity contribution in [1.82, 2.24) is 0 Å². The van der Waals surface area contributed by atoms with E-state index in [1.165, 1.54) is 0 Å². The first kappa shape index (κ1) is 14.0. The van der Waals surface area contributed by atoms with Gasteiger partial charge in [0.15, 0.2) is 9.84 Å². The number of nitrogens with two attached hydrogens (primary N) is 1. The molecule has 1 aromatic rings. The first-order chi connectivity index (χ1) is 8.72. The van der Waals surface area contributed by atoms with Crippen LogP contribution in [0.3, 0.4) is 0 Å². The van der Waals surface area contributed by atoms with Crippen LogP contribution in [-0.2, 0) is 21.1 Å². The highest BCUT2D eigenvalue weighted by Gasteiger charge is 2.73. The summed E-state index contributed by atoms with van der Waals surface area (Å²) < 4.78 is 23.4. The number of sulfone groups is 1. The molecule has 0 aromatic heterocycles. The van der Waals surface area contributed by atoms with E-state index in [1.54, 1.807) is 12.1 Å². The SMILES string of the molecule is CCc1ccc([C@H]2[C@H](S(C)(=O)=O)[C@@]2(N)C(=O)O)cc1. The Hall–Kier alpha value is -1.40. The highest BCUT2D eigenvalue weighted by Crippen LogP contribution is 2.54. The third kappa shape index (κ3) is 2.15. The van der Waals surface area contributed by atoms with Gasteiger partial charge in [0, 0.05) is 12.2 Å². The molecule has 0 heterocycles. The molecule has 0 aliphatic heterocycles. The summed E-state index contributed by atoms with van der Waals surface area (Å²) in [7, 11) is -3.50. The van der Waals surface area contributed by atoms with E-state index in [9.17, 15) is 18.3 Å². The number of carboxylic acids is 1. The average Bonchev–Trinajstić information content (AvgIpc) is 2.98. The Morgan fingerprint density at radius 3 is 2.21 bits per heavy atom. The molecule has 1 fully saturated rings. The number of rotatable bonds is 4. The van der Waals surface area contributed by atoms with Gasteiger partial charge in [-0.3, -0.25) is 4.79 Å². The van der Waals surface area contributed by atoms with Crippen molar-refractivity contribution in [3.8, 4) is 0 Å². The second kappa shape index (κ2) is 4.31. The molecular formula is C13H17NO4S. The molecule has 3 N–H and O–H groups in total. The summed E-state index contributed by atoms with van der Waals surface area (Å²) >= 11 is 0. The van der Waals surface area contributed by atoms with Gasteiger partial charge in [-0.2, -0.15) is 0 Å². The van der Waals surface area contributed by atoms with Gasteiger partial charge in [-0.25, -0.2) is 8.42 Å². The molecule has 0 radical (unpaired) electrons. The minimum absolute atomic E-state index is 0.664. The zero-order valence-corrected chi connectivity index (χ0v) is 11.6. The number of aliphatic carboxylic acids is 1. The molecule has 1 aliphatic carbocycles. The Morgan fingerprint density at radius 1 is 1.37 bits per heavy atom. The van der Waals surface area contributed by atoms with E-state index in [1.807, 2.05) is 19.1 Å². The summed E-state index contributed by atoms with van der Waals surface area (Å²) in [6.07, 6.45) is 1.90. The highest BCUT2D eigenvalue weighted by atomic mass is 32.2. The molecule has 6 heteroatoms. The lowest BCUT2D eigenvalue weighted by molar-refractivity contribution is -0.139. The molecule has 0 bridgehead atoms. The monoisotopic (exact) mass is 283 g/mol. The van der Waals surface area contributed by atoms with Gasteiger partial charge in [-0.05, 0) is 17.5 Å². The van der Waals surface area contributed by atoms with Crippen LogP contribution in [0.2, 0.25) is 0 Å². The molecule has 0 saturated heterocycles. The lowest BCUT2D eigenvalue weighted by Crippen LogP contribution is -2.39. The predicted molar refractivity (Wildman–Crippen MR) is 71.7 cm³/mol. The van der Waals surface area contributed by atoms with Crippen molar-refractivity contribution in [3.05, 3.63) is 35.4 Å². The van der Waals surface area contributed by atoms with Crippen molar-refractivity contribution in [1.29, 1.82) is 0 Å². The van der Waals surface area contributed by atoms with Gasteiger partial charge in [0.2, 0.25) is 0 Å². The number of hydrogen-bond acceptors (Lipinski definition) is 4. The van der Waals surface area contributed by atoms with E-state index in [2.05, 4.69) is 0 Å². The van der Waals surface area contributed by atoms with Crippen LogP contribution >= 0.6 is 0 Å². The van der Waals surface area contributed by atoms with Gasteiger partial charge in [-0.1, -0.05) is 31.2 Å². The average molecular weight is 283 g/mol. The van der Waals surface area contributed by atoms with Crippen LogP contribution in [0.15, 0.2) is 24.3 Å². The van der Waals surface area contributed by atoms with Crippen molar-refractivity contribution >= 4 is 15.8 Å².